The van der Waals surface area contributed by atoms with E-state index < -0.39 is 8.32 Å². The van der Waals surface area contributed by atoms with E-state index in [1.165, 1.54) is 16.7 Å². The summed E-state index contributed by atoms with van der Waals surface area (Å²) in [6.07, 6.45) is 7.20. The monoisotopic (exact) mass is 524 g/mol. The molecule has 0 radical (unpaired) electrons. The van der Waals surface area contributed by atoms with Gasteiger partial charge in [-0.15, -0.1) is 0 Å². The van der Waals surface area contributed by atoms with E-state index in [0.29, 0.717) is 32.5 Å². The van der Waals surface area contributed by atoms with Crippen molar-refractivity contribution in [3.8, 4) is 0 Å². The molecule has 2 heterocycles. The first-order valence-electron chi connectivity index (χ1n) is 13.9. The van der Waals surface area contributed by atoms with Crippen LogP contribution in [0.25, 0.3) is 0 Å². The molecule has 3 rings (SSSR count). The van der Waals surface area contributed by atoms with Crippen molar-refractivity contribution in [3.63, 3.8) is 0 Å². The Kier molecular flexibility index (Phi) is 10.5. The smallest absolute Gasteiger partial charge is 0.191 e. The van der Waals surface area contributed by atoms with Crippen molar-refractivity contribution >= 4 is 8.32 Å². The predicted molar refractivity (Wildman–Crippen MR) is 146 cm³/mol. The number of ether oxygens (including phenoxy) is 5. The minimum Gasteiger partial charge on any atom is -0.417 e. The fraction of sp³-hybridized carbons (Fsp3) is 0.862. The lowest BCUT2D eigenvalue weighted by molar-refractivity contribution is -0.0796. The van der Waals surface area contributed by atoms with Crippen molar-refractivity contribution < 1.29 is 28.1 Å². The molecule has 4 atom stereocenters. The molecule has 0 N–H and O–H groups in total. The SMILES string of the molecule is COCO[C@H]1C[C@@H](C)[C@@](C)(CCC2OCCO2)C2=C1C(/C=C(\C)CCCO[Si](C)(C)C(C)(C)C)OC2. The van der Waals surface area contributed by atoms with E-state index >= 15 is 0 Å². The molecule has 0 saturated carbocycles. The Balaban J connectivity index is 1.70. The second kappa shape index (κ2) is 12.5. The molecule has 208 valence electrons. The lowest BCUT2D eigenvalue weighted by Crippen LogP contribution is -2.41. The summed E-state index contributed by atoms with van der Waals surface area (Å²) in [6.45, 7) is 21.7. The molecule has 36 heavy (non-hydrogen) atoms. The van der Waals surface area contributed by atoms with Gasteiger partial charge in [-0.2, -0.15) is 0 Å². The van der Waals surface area contributed by atoms with Crippen LogP contribution in [0.4, 0.5) is 0 Å². The molecule has 6 nitrogen and oxygen atoms in total. The van der Waals surface area contributed by atoms with Gasteiger partial charge in [0.05, 0.1) is 25.9 Å². The topological polar surface area (TPSA) is 55.4 Å². The fourth-order valence-corrected chi connectivity index (χ4v) is 6.55. The predicted octanol–water partition coefficient (Wildman–Crippen LogP) is 6.62. The van der Waals surface area contributed by atoms with E-state index in [2.05, 4.69) is 60.7 Å². The molecular formula is C29H52O6Si. The molecule has 1 unspecified atom stereocenters. The van der Waals surface area contributed by atoms with Crippen molar-refractivity contribution in [2.24, 2.45) is 11.3 Å². The van der Waals surface area contributed by atoms with E-state index in [1.807, 2.05) is 0 Å². The van der Waals surface area contributed by atoms with Crippen LogP contribution in [0.3, 0.4) is 0 Å². The van der Waals surface area contributed by atoms with Gasteiger partial charge in [0.2, 0.25) is 0 Å². The van der Waals surface area contributed by atoms with Gasteiger partial charge in [0, 0.05) is 13.7 Å². The van der Waals surface area contributed by atoms with E-state index in [9.17, 15) is 0 Å². The third kappa shape index (κ3) is 7.10. The van der Waals surface area contributed by atoms with Crippen molar-refractivity contribution in [3.05, 3.63) is 22.8 Å². The van der Waals surface area contributed by atoms with Crippen LogP contribution < -0.4 is 0 Å². The Labute approximate surface area is 221 Å². The summed E-state index contributed by atoms with van der Waals surface area (Å²) >= 11 is 0. The van der Waals surface area contributed by atoms with Crippen molar-refractivity contribution in [1.29, 1.82) is 0 Å². The van der Waals surface area contributed by atoms with Gasteiger partial charge in [0.1, 0.15) is 12.9 Å². The molecule has 0 aromatic rings. The highest BCUT2D eigenvalue weighted by Gasteiger charge is 2.48. The van der Waals surface area contributed by atoms with E-state index in [0.717, 1.165) is 38.7 Å². The number of rotatable bonds is 12. The van der Waals surface area contributed by atoms with Crippen molar-refractivity contribution in [2.45, 2.75) is 110 Å². The zero-order chi connectivity index (χ0) is 26.6. The molecule has 0 aromatic carbocycles. The van der Waals surface area contributed by atoms with Gasteiger partial charge in [-0.3, -0.25) is 0 Å². The van der Waals surface area contributed by atoms with Gasteiger partial charge in [-0.25, -0.2) is 0 Å². The molecule has 0 bridgehead atoms. The zero-order valence-corrected chi connectivity index (χ0v) is 25.4. The van der Waals surface area contributed by atoms with Gasteiger partial charge >= 0.3 is 0 Å². The van der Waals surface area contributed by atoms with E-state index in [4.69, 9.17) is 28.1 Å². The molecule has 0 amide bonds. The van der Waals surface area contributed by atoms with Crippen LogP contribution in [0.15, 0.2) is 22.8 Å². The Hall–Kier alpha value is -0.543. The molecule has 0 aromatic heterocycles. The summed E-state index contributed by atoms with van der Waals surface area (Å²) in [5, 5.41) is 0.246. The summed E-state index contributed by atoms with van der Waals surface area (Å²) in [6, 6.07) is 0. The summed E-state index contributed by atoms with van der Waals surface area (Å²) in [5.41, 5.74) is 4.13. The summed E-state index contributed by atoms with van der Waals surface area (Å²) in [5.74, 6) is 0.472. The maximum absolute atomic E-state index is 6.44. The maximum Gasteiger partial charge on any atom is 0.191 e. The first kappa shape index (κ1) is 30.0. The minimum absolute atomic E-state index is 0.0282. The summed E-state index contributed by atoms with van der Waals surface area (Å²) in [7, 11) is -0.00999. The highest BCUT2D eigenvalue weighted by molar-refractivity contribution is 6.74. The highest BCUT2D eigenvalue weighted by Crippen LogP contribution is 2.52. The summed E-state index contributed by atoms with van der Waals surface area (Å²) in [4.78, 5) is 0. The molecule has 1 fully saturated rings. The van der Waals surface area contributed by atoms with Crippen LogP contribution in [0.2, 0.25) is 18.1 Å². The van der Waals surface area contributed by atoms with Gasteiger partial charge in [-0.1, -0.05) is 46.3 Å². The molecule has 0 spiro atoms. The van der Waals surface area contributed by atoms with Crippen LogP contribution >= 0.6 is 0 Å². The quantitative estimate of drug-likeness (QED) is 0.124. The molecule has 2 aliphatic heterocycles. The Morgan fingerprint density at radius 2 is 1.86 bits per heavy atom. The van der Waals surface area contributed by atoms with Crippen LogP contribution in [0.1, 0.15) is 73.6 Å². The third-order valence-electron chi connectivity index (χ3n) is 9.15. The average Bonchev–Trinajstić information content (AvgIpc) is 3.47. The number of allylic oxidation sites excluding steroid dienone is 1. The highest BCUT2D eigenvalue weighted by atomic mass is 28.4. The molecule has 7 heteroatoms. The zero-order valence-electron chi connectivity index (χ0n) is 24.4. The van der Waals surface area contributed by atoms with Crippen molar-refractivity contribution in [1.82, 2.24) is 0 Å². The van der Waals surface area contributed by atoms with E-state index in [1.54, 1.807) is 7.11 Å². The van der Waals surface area contributed by atoms with Crippen LogP contribution in [0.5, 0.6) is 0 Å². The summed E-state index contributed by atoms with van der Waals surface area (Å²) < 4.78 is 35.8. The molecule has 1 saturated heterocycles. The number of hydrogen-bond donors (Lipinski definition) is 0. The van der Waals surface area contributed by atoms with Crippen molar-refractivity contribution in [2.75, 3.05) is 40.3 Å². The molecule has 1 aliphatic carbocycles. The lowest BCUT2D eigenvalue weighted by Gasteiger charge is -2.44. The van der Waals surface area contributed by atoms with Crippen LogP contribution in [-0.4, -0.2) is 67.1 Å². The first-order valence-corrected chi connectivity index (χ1v) is 16.8. The Bertz CT molecular complexity index is 779. The van der Waals surface area contributed by atoms with Gasteiger partial charge in [-0.05, 0) is 79.6 Å². The number of hydrogen-bond acceptors (Lipinski definition) is 6. The largest absolute Gasteiger partial charge is 0.417 e. The minimum atomic E-state index is -1.70. The van der Waals surface area contributed by atoms with Gasteiger partial charge in [0.25, 0.3) is 0 Å². The third-order valence-corrected chi connectivity index (χ3v) is 13.7. The second-order valence-electron chi connectivity index (χ2n) is 12.7. The average molecular weight is 525 g/mol. The van der Waals surface area contributed by atoms with Gasteiger partial charge < -0.3 is 28.1 Å². The van der Waals surface area contributed by atoms with Crippen LogP contribution in [-0.2, 0) is 28.1 Å². The fourth-order valence-electron chi connectivity index (χ4n) is 5.47. The van der Waals surface area contributed by atoms with Gasteiger partial charge in [0.15, 0.2) is 14.6 Å². The normalized spacial score (nSPS) is 30.4. The lowest BCUT2D eigenvalue weighted by atomic mass is 9.62. The maximum atomic E-state index is 6.44. The second-order valence-corrected chi connectivity index (χ2v) is 17.5. The molecule has 3 aliphatic rings. The standard InChI is InChI=1S/C29H52O6Si/c1-21(11-10-14-35-36(8,9)28(3,4)5)17-24-27-23(19-33-24)29(6,13-12-26-31-15-16-32-26)22(2)18-25(27)34-20-30-7/h17,22,24-26H,10-16,18-20H2,1-9H3/b21-17+/t22-,24?,25+,29-/m1/s1. The van der Waals surface area contributed by atoms with E-state index in [-0.39, 0.29) is 29.0 Å². The van der Waals surface area contributed by atoms with Crippen LogP contribution in [0, 0.1) is 11.3 Å². The Morgan fingerprint density at radius 1 is 1.17 bits per heavy atom. The first-order chi connectivity index (χ1) is 16.9. The Morgan fingerprint density at radius 3 is 2.50 bits per heavy atom. The number of methoxy groups -OCH3 is 1. The molecular weight excluding hydrogens is 472 g/mol.